The summed E-state index contributed by atoms with van der Waals surface area (Å²) in [7, 11) is 1.86. The van der Waals surface area contributed by atoms with Gasteiger partial charge in [0, 0.05) is 12.6 Å². The molecule has 0 radical (unpaired) electrons. The van der Waals surface area contributed by atoms with E-state index in [1.807, 2.05) is 67.1 Å². The van der Waals surface area contributed by atoms with E-state index in [1.165, 1.54) is 0 Å². The van der Waals surface area contributed by atoms with Gasteiger partial charge < -0.3 is 9.13 Å². The number of nitrogens with zero attached hydrogens (tertiary/aromatic N) is 2. The van der Waals surface area contributed by atoms with Crippen molar-refractivity contribution in [2.24, 2.45) is 7.05 Å². The normalized spacial score (nSPS) is 11.0. The fraction of sp³-hybridized carbons (Fsp3) is 0.176. The summed E-state index contributed by atoms with van der Waals surface area (Å²) in [6.45, 7) is 2.20. The Kier molecular flexibility index (Phi) is 3.22. The number of carbonyl (C=O) groups is 1. The van der Waals surface area contributed by atoms with Gasteiger partial charge >= 0.3 is 0 Å². The number of carbonyl (C=O) groups excluding carboxylic acids is 1. The first-order valence-electron chi connectivity index (χ1n) is 6.87. The lowest BCUT2D eigenvalue weighted by Crippen LogP contribution is -2.25. The van der Waals surface area contributed by atoms with E-state index in [2.05, 4.69) is 0 Å². The zero-order valence-electron chi connectivity index (χ0n) is 12.1. The maximum Gasteiger partial charge on any atom is 0.203 e. The Labute approximate surface area is 122 Å². The summed E-state index contributed by atoms with van der Waals surface area (Å²) >= 11 is 0. The molecule has 0 aliphatic rings. The van der Waals surface area contributed by atoms with E-state index in [0.717, 1.165) is 16.6 Å². The second kappa shape index (κ2) is 5.05. The number of rotatable bonds is 3. The highest BCUT2D eigenvalue weighted by molar-refractivity contribution is 5.96. The average molecular weight is 279 g/mol. The molecule has 0 aliphatic heterocycles. The molecule has 4 nitrogen and oxygen atoms in total. The highest BCUT2D eigenvalue weighted by atomic mass is 16.1. The summed E-state index contributed by atoms with van der Waals surface area (Å²) in [5.74, 6) is 0.0168. The van der Waals surface area contributed by atoms with Crippen LogP contribution in [0.5, 0.6) is 0 Å². The Balaban J connectivity index is 2.10. The van der Waals surface area contributed by atoms with Crippen LogP contribution in [0.2, 0.25) is 0 Å². The summed E-state index contributed by atoms with van der Waals surface area (Å²) in [6.07, 6.45) is 0. The van der Waals surface area contributed by atoms with Crippen molar-refractivity contribution in [3.8, 4) is 0 Å². The number of hydrogen-bond donors (Lipinski definition) is 1. The lowest BCUT2D eigenvalue weighted by atomic mass is 10.1. The molecule has 0 spiro atoms. The first kappa shape index (κ1) is 13.4. The Hall–Kier alpha value is -2.62. The minimum absolute atomic E-state index is 0.0168. The Morgan fingerprint density at radius 2 is 1.81 bits per heavy atom. The highest BCUT2D eigenvalue weighted by Gasteiger charge is 2.13. The van der Waals surface area contributed by atoms with Crippen molar-refractivity contribution in [2.75, 3.05) is 0 Å². The number of benzene rings is 2. The molecule has 1 aromatic heterocycles. The van der Waals surface area contributed by atoms with Crippen molar-refractivity contribution in [2.45, 2.75) is 13.5 Å². The highest BCUT2D eigenvalue weighted by Crippen LogP contribution is 2.17. The minimum atomic E-state index is 0.0168. The molecule has 4 heteroatoms. The van der Waals surface area contributed by atoms with Crippen molar-refractivity contribution in [1.82, 2.24) is 9.13 Å². The van der Waals surface area contributed by atoms with E-state index in [4.69, 9.17) is 5.41 Å². The van der Waals surface area contributed by atoms with Crippen molar-refractivity contribution in [1.29, 1.82) is 5.41 Å². The van der Waals surface area contributed by atoms with Crippen LogP contribution < -0.4 is 5.62 Å². The van der Waals surface area contributed by atoms with Crippen LogP contribution in [0.4, 0.5) is 0 Å². The molecule has 3 aromatic rings. The molecule has 3 rings (SSSR count). The fourth-order valence-corrected chi connectivity index (χ4v) is 2.72. The summed E-state index contributed by atoms with van der Waals surface area (Å²) in [4.78, 5) is 12.4. The summed E-state index contributed by atoms with van der Waals surface area (Å²) < 4.78 is 3.58. The number of nitrogens with one attached hydrogen (secondary N) is 1. The molecular formula is C17H17N3O. The van der Waals surface area contributed by atoms with E-state index in [9.17, 15) is 4.79 Å². The molecule has 1 heterocycles. The van der Waals surface area contributed by atoms with Gasteiger partial charge in [-0.3, -0.25) is 10.2 Å². The molecule has 0 fully saturated rings. The van der Waals surface area contributed by atoms with Crippen molar-refractivity contribution >= 4 is 16.8 Å². The van der Waals surface area contributed by atoms with Crippen LogP contribution in [0.1, 0.15) is 15.9 Å². The third-order valence-corrected chi connectivity index (χ3v) is 3.81. The largest absolute Gasteiger partial charge is 0.313 e. The maximum atomic E-state index is 12.4. The summed E-state index contributed by atoms with van der Waals surface area (Å²) in [5, 5.41) is 8.25. The van der Waals surface area contributed by atoms with Crippen LogP contribution in [-0.4, -0.2) is 14.9 Å². The second-order valence-corrected chi connectivity index (χ2v) is 5.20. The summed E-state index contributed by atoms with van der Waals surface area (Å²) in [5.41, 5.74) is 4.04. The maximum absolute atomic E-state index is 12.4. The monoisotopic (exact) mass is 279 g/mol. The Morgan fingerprint density at radius 3 is 2.52 bits per heavy atom. The number of aryl methyl sites for hydroxylation is 2. The zero-order valence-corrected chi connectivity index (χ0v) is 12.1. The SMILES string of the molecule is Cc1cccc2c1n(C)c(=N)n2CC(=O)c1ccccc1. The predicted octanol–water partition coefficient (Wildman–Crippen LogP) is 2.65. The topological polar surface area (TPSA) is 50.8 Å². The zero-order chi connectivity index (χ0) is 15.0. The van der Waals surface area contributed by atoms with E-state index < -0.39 is 0 Å². The Bertz CT molecular complexity index is 872. The number of Topliss-reactive ketones (excluding diaryl/α,β-unsaturated/α-hetero) is 1. The number of imidazole rings is 1. The van der Waals surface area contributed by atoms with Crippen LogP contribution in [-0.2, 0) is 13.6 Å². The fourth-order valence-electron chi connectivity index (χ4n) is 2.72. The van der Waals surface area contributed by atoms with Crippen LogP contribution in [0.25, 0.3) is 11.0 Å². The van der Waals surface area contributed by atoms with Gasteiger partial charge in [-0.1, -0.05) is 42.5 Å². The molecule has 0 saturated carbocycles. The van der Waals surface area contributed by atoms with Gasteiger partial charge in [-0.15, -0.1) is 0 Å². The molecule has 1 N–H and O–H groups in total. The molecule has 0 amide bonds. The molecule has 0 bridgehead atoms. The molecule has 0 unspecified atom stereocenters. The molecular weight excluding hydrogens is 262 g/mol. The lowest BCUT2D eigenvalue weighted by Gasteiger charge is -2.04. The van der Waals surface area contributed by atoms with Gasteiger partial charge in [-0.25, -0.2) is 0 Å². The van der Waals surface area contributed by atoms with Crippen molar-refractivity contribution in [3.63, 3.8) is 0 Å². The third-order valence-electron chi connectivity index (χ3n) is 3.81. The van der Waals surface area contributed by atoms with E-state index >= 15 is 0 Å². The predicted molar refractivity (Wildman–Crippen MR) is 82.3 cm³/mol. The number of ketones is 1. The first-order chi connectivity index (χ1) is 10.1. The van der Waals surface area contributed by atoms with Gasteiger partial charge in [-0.2, -0.15) is 0 Å². The number of aromatic nitrogens is 2. The van der Waals surface area contributed by atoms with Crippen molar-refractivity contribution in [3.05, 3.63) is 65.3 Å². The standard InChI is InChI=1S/C17H17N3O/c1-12-7-6-10-14-16(12)19(2)17(18)20(14)11-15(21)13-8-4-3-5-9-13/h3-10,18H,11H2,1-2H3. The number of para-hydroxylation sites is 1. The van der Waals surface area contributed by atoms with Gasteiger partial charge in [0.15, 0.2) is 5.78 Å². The minimum Gasteiger partial charge on any atom is -0.313 e. The third kappa shape index (κ3) is 2.18. The lowest BCUT2D eigenvalue weighted by molar-refractivity contribution is 0.0971. The van der Waals surface area contributed by atoms with Crippen LogP contribution in [0, 0.1) is 12.3 Å². The molecule has 2 aromatic carbocycles. The second-order valence-electron chi connectivity index (χ2n) is 5.20. The molecule has 106 valence electrons. The van der Waals surface area contributed by atoms with Gasteiger partial charge in [0.05, 0.1) is 17.6 Å². The molecule has 0 saturated heterocycles. The van der Waals surface area contributed by atoms with E-state index in [-0.39, 0.29) is 12.3 Å². The smallest absolute Gasteiger partial charge is 0.203 e. The van der Waals surface area contributed by atoms with Crippen LogP contribution >= 0.6 is 0 Å². The van der Waals surface area contributed by atoms with Gasteiger partial charge in [0.1, 0.15) is 0 Å². The van der Waals surface area contributed by atoms with Crippen LogP contribution in [0.15, 0.2) is 48.5 Å². The van der Waals surface area contributed by atoms with E-state index in [0.29, 0.717) is 11.2 Å². The molecule has 0 aliphatic carbocycles. The summed E-state index contributed by atoms with van der Waals surface area (Å²) in [6, 6.07) is 15.1. The number of hydrogen-bond acceptors (Lipinski definition) is 2. The quantitative estimate of drug-likeness (QED) is 0.736. The van der Waals surface area contributed by atoms with Crippen molar-refractivity contribution < 1.29 is 4.79 Å². The van der Waals surface area contributed by atoms with Gasteiger partial charge in [0.25, 0.3) is 0 Å². The average Bonchev–Trinajstić information content (AvgIpc) is 2.74. The number of fused-ring (bicyclic) bond motifs is 1. The molecule has 21 heavy (non-hydrogen) atoms. The first-order valence-corrected chi connectivity index (χ1v) is 6.87. The molecule has 0 atom stereocenters. The van der Waals surface area contributed by atoms with Gasteiger partial charge in [0.2, 0.25) is 5.62 Å². The van der Waals surface area contributed by atoms with Gasteiger partial charge in [-0.05, 0) is 18.6 Å². The Morgan fingerprint density at radius 1 is 1.10 bits per heavy atom. The van der Waals surface area contributed by atoms with E-state index in [1.54, 1.807) is 4.57 Å². The van der Waals surface area contributed by atoms with Crippen LogP contribution in [0.3, 0.4) is 0 Å².